The smallest absolute Gasteiger partial charge is 0.243 e. The van der Waals surface area contributed by atoms with Gasteiger partial charge >= 0.3 is 0 Å². The van der Waals surface area contributed by atoms with Gasteiger partial charge in [0.15, 0.2) is 0 Å². The van der Waals surface area contributed by atoms with Crippen molar-refractivity contribution in [3.8, 4) is 12.1 Å². The second-order valence-corrected chi connectivity index (χ2v) is 10.6. The van der Waals surface area contributed by atoms with Crippen LogP contribution in [0.2, 0.25) is 0 Å². The first-order chi connectivity index (χ1) is 16.9. The molecular weight excluding hydrogens is 440 g/mol. The third-order valence-electron chi connectivity index (χ3n) is 8.87. The van der Waals surface area contributed by atoms with Gasteiger partial charge in [-0.3, -0.25) is 4.79 Å². The van der Waals surface area contributed by atoms with Crippen LogP contribution in [0.15, 0.2) is 24.7 Å². The van der Waals surface area contributed by atoms with Gasteiger partial charge in [0.2, 0.25) is 5.91 Å². The van der Waals surface area contributed by atoms with Crippen LogP contribution < -0.4 is 9.80 Å². The molecule has 4 aliphatic rings. The van der Waals surface area contributed by atoms with Gasteiger partial charge < -0.3 is 14.7 Å². The van der Waals surface area contributed by atoms with Crippen LogP contribution in [-0.2, 0) is 10.2 Å². The summed E-state index contributed by atoms with van der Waals surface area (Å²) in [4.78, 5) is 33.3. The molecule has 6 rings (SSSR count). The zero-order valence-corrected chi connectivity index (χ0v) is 20.1. The van der Waals surface area contributed by atoms with Gasteiger partial charge in [-0.25, -0.2) is 15.0 Å². The van der Waals surface area contributed by atoms with Gasteiger partial charge in [-0.2, -0.15) is 10.5 Å². The Morgan fingerprint density at radius 2 is 1.89 bits per heavy atom. The fraction of sp³-hybridized carbons (Fsp3) is 0.538. The number of carbonyl (C=O) groups excluding carboxylic acids is 1. The average molecular weight is 469 g/mol. The zero-order valence-electron chi connectivity index (χ0n) is 20.1. The second kappa shape index (κ2) is 7.64. The monoisotopic (exact) mass is 468 g/mol. The number of anilines is 3. The van der Waals surface area contributed by atoms with Crippen molar-refractivity contribution in [1.29, 1.82) is 10.5 Å². The molecule has 1 spiro atoms. The van der Waals surface area contributed by atoms with E-state index >= 15 is 0 Å². The minimum absolute atomic E-state index is 0.0143. The molecule has 2 aromatic rings. The van der Waals surface area contributed by atoms with Crippen molar-refractivity contribution in [3.63, 3.8) is 0 Å². The van der Waals surface area contributed by atoms with Crippen LogP contribution in [-0.4, -0.2) is 58.0 Å². The number of likely N-dealkylation sites (N-methyl/N-ethyl adjacent to an activating group) is 1. The molecule has 9 heteroatoms. The molecule has 35 heavy (non-hydrogen) atoms. The highest BCUT2D eigenvalue weighted by Crippen LogP contribution is 2.56. The van der Waals surface area contributed by atoms with Crippen LogP contribution in [0.5, 0.6) is 0 Å². The molecule has 3 fully saturated rings. The van der Waals surface area contributed by atoms with Gasteiger partial charge in [0.25, 0.3) is 0 Å². The second-order valence-electron chi connectivity index (χ2n) is 10.6. The minimum atomic E-state index is -0.827. The van der Waals surface area contributed by atoms with Crippen molar-refractivity contribution in [2.45, 2.75) is 62.9 Å². The number of nitriles is 2. The lowest BCUT2D eigenvalue weighted by Gasteiger charge is -2.53. The Kier molecular flexibility index (Phi) is 4.76. The normalized spacial score (nSPS) is 24.9. The number of pyridine rings is 1. The maximum absolute atomic E-state index is 13.1. The Labute approximate surface area is 205 Å². The van der Waals surface area contributed by atoms with Crippen LogP contribution in [0.1, 0.15) is 56.6 Å². The lowest BCUT2D eigenvalue weighted by molar-refractivity contribution is -0.145. The molecule has 1 saturated heterocycles. The number of hydrogen-bond acceptors (Lipinski definition) is 8. The van der Waals surface area contributed by atoms with Gasteiger partial charge in [-0.05, 0) is 51.2 Å². The van der Waals surface area contributed by atoms with Crippen molar-refractivity contribution in [2.24, 2.45) is 5.41 Å². The number of nitrogens with zero attached hydrogens (tertiary/aromatic N) is 8. The molecule has 0 radical (unpaired) electrons. The first-order valence-corrected chi connectivity index (χ1v) is 12.4. The van der Waals surface area contributed by atoms with Crippen LogP contribution in [0.3, 0.4) is 0 Å². The first kappa shape index (κ1) is 21.8. The average Bonchev–Trinajstić information content (AvgIpc) is 3.20. The van der Waals surface area contributed by atoms with Crippen molar-refractivity contribution in [2.75, 3.05) is 29.9 Å². The highest BCUT2D eigenvalue weighted by molar-refractivity contribution is 5.87. The quantitative estimate of drug-likeness (QED) is 0.673. The van der Waals surface area contributed by atoms with Crippen molar-refractivity contribution in [3.05, 3.63) is 35.8 Å². The highest BCUT2D eigenvalue weighted by atomic mass is 16.2. The summed E-state index contributed by atoms with van der Waals surface area (Å²) in [7, 11) is 1.84. The molecule has 2 saturated carbocycles. The van der Waals surface area contributed by atoms with Crippen molar-refractivity contribution < 1.29 is 4.79 Å². The number of carbonyl (C=O) groups is 1. The van der Waals surface area contributed by atoms with Gasteiger partial charge in [0.1, 0.15) is 29.2 Å². The van der Waals surface area contributed by atoms with Crippen molar-refractivity contribution >= 4 is 23.4 Å². The van der Waals surface area contributed by atoms with Gasteiger partial charge in [-0.1, -0.05) is 6.42 Å². The van der Waals surface area contributed by atoms with E-state index < -0.39 is 5.41 Å². The molecule has 9 nitrogen and oxygen atoms in total. The van der Waals surface area contributed by atoms with E-state index in [1.165, 1.54) is 12.0 Å². The molecule has 2 aromatic heterocycles. The van der Waals surface area contributed by atoms with Crippen LogP contribution >= 0.6 is 0 Å². The maximum Gasteiger partial charge on any atom is 0.243 e. The minimum Gasteiger partial charge on any atom is -0.349 e. The summed E-state index contributed by atoms with van der Waals surface area (Å²) in [5.41, 5.74) is 0.905. The van der Waals surface area contributed by atoms with E-state index in [0.29, 0.717) is 24.9 Å². The molecule has 1 amide bonds. The predicted molar refractivity (Wildman–Crippen MR) is 129 cm³/mol. The SMILES string of the molecule is C[C@H]1[C@@H](N(C)C(=O)C2(C#N)CCC2)CN1c1ncnc2c1C1(CCC1)CN2c1cc(C#N)ccn1. The fourth-order valence-electron chi connectivity index (χ4n) is 6.26. The summed E-state index contributed by atoms with van der Waals surface area (Å²) >= 11 is 0. The number of amides is 1. The Balaban J connectivity index is 1.30. The zero-order chi connectivity index (χ0) is 24.4. The molecule has 178 valence electrons. The predicted octanol–water partition coefficient (Wildman–Crippen LogP) is 3.05. The molecule has 0 aromatic carbocycles. The fourth-order valence-corrected chi connectivity index (χ4v) is 6.26. The Hall–Kier alpha value is -3.72. The van der Waals surface area contributed by atoms with E-state index in [2.05, 4.69) is 38.8 Å². The lowest BCUT2D eigenvalue weighted by atomic mass is 9.65. The summed E-state index contributed by atoms with van der Waals surface area (Å²) in [6.45, 7) is 3.60. The Bertz CT molecular complexity index is 1280. The highest BCUT2D eigenvalue weighted by Gasteiger charge is 2.54. The van der Waals surface area contributed by atoms with E-state index in [1.807, 2.05) is 13.1 Å². The number of hydrogen-bond donors (Lipinski definition) is 0. The van der Waals surface area contributed by atoms with E-state index in [9.17, 15) is 15.3 Å². The van der Waals surface area contributed by atoms with Gasteiger partial charge in [0.05, 0.1) is 23.7 Å². The lowest BCUT2D eigenvalue weighted by Crippen LogP contribution is -2.68. The van der Waals surface area contributed by atoms with E-state index in [-0.39, 0.29) is 23.4 Å². The molecule has 0 N–H and O–H groups in total. The molecule has 2 aliphatic heterocycles. The van der Waals surface area contributed by atoms with Crippen molar-refractivity contribution in [1.82, 2.24) is 19.9 Å². The van der Waals surface area contributed by atoms with Crippen LogP contribution in [0, 0.1) is 28.1 Å². The first-order valence-electron chi connectivity index (χ1n) is 12.4. The van der Waals surface area contributed by atoms with Crippen LogP contribution in [0.25, 0.3) is 0 Å². The third kappa shape index (κ3) is 2.97. The van der Waals surface area contributed by atoms with E-state index in [4.69, 9.17) is 4.98 Å². The number of rotatable bonds is 4. The summed E-state index contributed by atoms with van der Waals surface area (Å²) < 4.78 is 0. The van der Waals surface area contributed by atoms with E-state index in [1.54, 1.807) is 23.5 Å². The largest absolute Gasteiger partial charge is 0.349 e. The molecule has 2 aliphatic carbocycles. The molecule has 2 atom stereocenters. The van der Waals surface area contributed by atoms with Gasteiger partial charge in [0, 0.05) is 43.4 Å². The molecular formula is C26H28N8O. The Morgan fingerprint density at radius 3 is 2.49 bits per heavy atom. The number of aromatic nitrogens is 3. The van der Waals surface area contributed by atoms with E-state index in [0.717, 1.165) is 43.3 Å². The topological polar surface area (TPSA) is 113 Å². The van der Waals surface area contributed by atoms with Crippen LogP contribution in [0.4, 0.5) is 17.5 Å². The third-order valence-corrected chi connectivity index (χ3v) is 8.87. The summed E-state index contributed by atoms with van der Waals surface area (Å²) in [5.74, 6) is 2.51. The molecule has 0 unspecified atom stereocenters. The Morgan fingerprint density at radius 1 is 1.14 bits per heavy atom. The summed E-state index contributed by atoms with van der Waals surface area (Å²) in [6.07, 6.45) is 8.86. The van der Waals surface area contributed by atoms with Gasteiger partial charge in [-0.15, -0.1) is 0 Å². The summed E-state index contributed by atoms with van der Waals surface area (Å²) in [5, 5.41) is 19.0. The summed E-state index contributed by atoms with van der Waals surface area (Å²) in [6, 6.07) is 8.15. The molecule has 4 heterocycles. The number of fused-ring (bicyclic) bond motifs is 2. The standard InChI is InChI=1S/C26H28N8O/c1-17-19(32(2)24(35)25(14-28)6-3-7-25)13-33(17)22-21-23(31-16-30-22)34(15-26(21)8-4-9-26)20-11-18(12-27)5-10-29-20/h5,10-11,16-17,19H,3-4,6-9,13,15H2,1-2H3/t17-,19-/m0/s1. The maximum atomic E-state index is 13.1. The molecule has 0 bridgehead atoms.